The van der Waals surface area contributed by atoms with E-state index in [0.717, 1.165) is 31.5 Å². The summed E-state index contributed by atoms with van der Waals surface area (Å²) in [4.78, 5) is 29.0. The van der Waals surface area contributed by atoms with E-state index in [0.29, 0.717) is 6.42 Å². The number of benzene rings is 1. The van der Waals surface area contributed by atoms with Crippen molar-refractivity contribution in [2.75, 3.05) is 18.0 Å². The van der Waals surface area contributed by atoms with Gasteiger partial charge in [0.05, 0.1) is 0 Å². The fourth-order valence-electron chi connectivity index (χ4n) is 3.23. The topological polar surface area (TPSA) is 40.6 Å². The van der Waals surface area contributed by atoms with Crippen LogP contribution in [0.1, 0.15) is 46.0 Å². The van der Waals surface area contributed by atoms with E-state index in [4.69, 9.17) is 11.6 Å². The Labute approximate surface area is 149 Å². The first-order chi connectivity index (χ1) is 11.6. The van der Waals surface area contributed by atoms with Gasteiger partial charge >= 0.3 is 0 Å². The van der Waals surface area contributed by atoms with Crippen LogP contribution < -0.4 is 4.90 Å². The highest BCUT2D eigenvalue weighted by molar-refractivity contribution is 6.33. The molecule has 24 heavy (non-hydrogen) atoms. The number of halogens is 1. The van der Waals surface area contributed by atoms with E-state index in [1.165, 1.54) is 11.3 Å². The number of amides is 2. The van der Waals surface area contributed by atoms with Crippen LogP contribution in [0.3, 0.4) is 0 Å². The SMILES string of the molecule is CCC(Cl)C(=O)N(CC(=O)N1CCCCC1CC)c1ccccc1. The first kappa shape index (κ1) is 18.8. The Kier molecular flexibility index (Phi) is 7.10. The van der Waals surface area contributed by atoms with Crippen LogP contribution in [-0.4, -0.2) is 41.2 Å². The van der Waals surface area contributed by atoms with Gasteiger partial charge < -0.3 is 9.80 Å². The maximum atomic E-state index is 12.9. The number of hydrogen-bond acceptors (Lipinski definition) is 2. The molecule has 2 unspecified atom stereocenters. The fourth-order valence-corrected chi connectivity index (χ4v) is 3.35. The number of nitrogens with zero attached hydrogens (tertiary/aromatic N) is 2. The zero-order chi connectivity index (χ0) is 17.5. The quantitative estimate of drug-likeness (QED) is 0.731. The van der Waals surface area contributed by atoms with Gasteiger partial charge in [0, 0.05) is 18.3 Å². The summed E-state index contributed by atoms with van der Waals surface area (Å²) in [6.07, 6.45) is 4.75. The molecule has 2 atom stereocenters. The molecule has 1 fully saturated rings. The van der Waals surface area contributed by atoms with Gasteiger partial charge in [0.1, 0.15) is 11.9 Å². The van der Waals surface area contributed by atoms with Crippen molar-refractivity contribution < 1.29 is 9.59 Å². The largest absolute Gasteiger partial charge is 0.338 e. The Balaban J connectivity index is 2.18. The number of carbonyl (C=O) groups excluding carboxylic acids is 2. The summed E-state index contributed by atoms with van der Waals surface area (Å²) in [6.45, 7) is 4.83. The Morgan fingerprint density at radius 3 is 2.58 bits per heavy atom. The van der Waals surface area contributed by atoms with Crippen molar-refractivity contribution in [3.8, 4) is 0 Å². The van der Waals surface area contributed by atoms with Gasteiger partial charge in [0.15, 0.2) is 0 Å². The maximum absolute atomic E-state index is 12.9. The zero-order valence-electron chi connectivity index (χ0n) is 14.6. The molecular weight excluding hydrogens is 324 g/mol. The van der Waals surface area contributed by atoms with Gasteiger partial charge in [-0.05, 0) is 44.2 Å². The van der Waals surface area contributed by atoms with E-state index < -0.39 is 5.38 Å². The molecule has 1 aromatic carbocycles. The highest BCUT2D eigenvalue weighted by Gasteiger charge is 2.30. The minimum atomic E-state index is -0.610. The number of piperidine rings is 1. The lowest BCUT2D eigenvalue weighted by Gasteiger charge is -2.37. The van der Waals surface area contributed by atoms with E-state index in [-0.39, 0.29) is 24.4 Å². The molecular formula is C19H27ClN2O2. The first-order valence-corrected chi connectivity index (χ1v) is 9.32. The van der Waals surface area contributed by atoms with Gasteiger partial charge in [-0.2, -0.15) is 0 Å². The van der Waals surface area contributed by atoms with Crippen LogP contribution in [0.2, 0.25) is 0 Å². The molecule has 1 aromatic rings. The normalized spacial score (nSPS) is 19.0. The minimum Gasteiger partial charge on any atom is -0.338 e. The van der Waals surface area contributed by atoms with Crippen LogP contribution in [0.25, 0.3) is 0 Å². The van der Waals surface area contributed by atoms with Crippen molar-refractivity contribution in [3.63, 3.8) is 0 Å². The smallest absolute Gasteiger partial charge is 0.245 e. The summed E-state index contributed by atoms with van der Waals surface area (Å²) in [7, 11) is 0. The Morgan fingerprint density at radius 1 is 1.25 bits per heavy atom. The monoisotopic (exact) mass is 350 g/mol. The average molecular weight is 351 g/mol. The van der Waals surface area contributed by atoms with Crippen LogP contribution in [0, 0.1) is 0 Å². The van der Waals surface area contributed by atoms with Gasteiger partial charge in [-0.25, -0.2) is 0 Å². The van der Waals surface area contributed by atoms with Crippen molar-refractivity contribution >= 4 is 29.1 Å². The molecule has 0 N–H and O–H groups in total. The summed E-state index contributed by atoms with van der Waals surface area (Å²) in [5, 5.41) is -0.610. The summed E-state index contributed by atoms with van der Waals surface area (Å²) in [5.74, 6) is -0.192. The second-order valence-electron chi connectivity index (χ2n) is 6.28. The third-order valence-electron chi connectivity index (χ3n) is 4.67. The highest BCUT2D eigenvalue weighted by atomic mass is 35.5. The summed E-state index contributed by atoms with van der Waals surface area (Å²) in [5.41, 5.74) is 0.722. The number of rotatable bonds is 6. The van der Waals surface area contributed by atoms with Gasteiger partial charge in [0.2, 0.25) is 11.8 Å². The number of alkyl halides is 1. The van der Waals surface area contributed by atoms with E-state index in [2.05, 4.69) is 6.92 Å². The van der Waals surface area contributed by atoms with E-state index in [9.17, 15) is 9.59 Å². The van der Waals surface area contributed by atoms with Crippen molar-refractivity contribution in [2.45, 2.75) is 57.4 Å². The molecule has 0 spiro atoms. The van der Waals surface area contributed by atoms with E-state index >= 15 is 0 Å². The molecule has 1 aliphatic heterocycles. The third kappa shape index (κ3) is 4.50. The molecule has 0 saturated carbocycles. The molecule has 0 aromatic heterocycles. The average Bonchev–Trinajstić information content (AvgIpc) is 2.65. The number of anilines is 1. The summed E-state index contributed by atoms with van der Waals surface area (Å²) >= 11 is 6.17. The Morgan fingerprint density at radius 2 is 1.96 bits per heavy atom. The van der Waals surface area contributed by atoms with Crippen molar-refractivity contribution in [3.05, 3.63) is 30.3 Å². The third-order valence-corrected chi connectivity index (χ3v) is 5.17. The summed E-state index contributed by atoms with van der Waals surface area (Å²) in [6, 6.07) is 9.60. The molecule has 4 nitrogen and oxygen atoms in total. The predicted octanol–water partition coefficient (Wildman–Crippen LogP) is 3.83. The van der Waals surface area contributed by atoms with Gasteiger partial charge in [-0.15, -0.1) is 11.6 Å². The van der Waals surface area contributed by atoms with Crippen molar-refractivity contribution in [1.82, 2.24) is 4.90 Å². The lowest BCUT2D eigenvalue weighted by molar-refractivity contribution is -0.134. The van der Waals surface area contributed by atoms with E-state index in [1.807, 2.05) is 42.2 Å². The van der Waals surface area contributed by atoms with Crippen LogP contribution in [0.5, 0.6) is 0 Å². The molecule has 2 amide bonds. The second kappa shape index (κ2) is 9.07. The maximum Gasteiger partial charge on any atom is 0.245 e. The molecule has 1 aliphatic rings. The molecule has 0 radical (unpaired) electrons. The summed E-state index contributed by atoms with van der Waals surface area (Å²) < 4.78 is 0. The molecule has 0 aliphatic carbocycles. The number of carbonyl (C=O) groups is 2. The molecule has 5 heteroatoms. The number of para-hydroxylation sites is 1. The van der Waals surface area contributed by atoms with Crippen LogP contribution >= 0.6 is 11.6 Å². The van der Waals surface area contributed by atoms with Gasteiger partial charge in [-0.3, -0.25) is 9.59 Å². The van der Waals surface area contributed by atoms with Gasteiger partial charge in [0.25, 0.3) is 0 Å². The van der Waals surface area contributed by atoms with E-state index in [1.54, 1.807) is 0 Å². The lowest BCUT2D eigenvalue weighted by atomic mass is 10.00. The predicted molar refractivity (Wildman–Crippen MR) is 98.4 cm³/mol. The van der Waals surface area contributed by atoms with Crippen molar-refractivity contribution in [1.29, 1.82) is 0 Å². The minimum absolute atomic E-state index is 0.0127. The lowest BCUT2D eigenvalue weighted by Crippen LogP contribution is -2.50. The highest BCUT2D eigenvalue weighted by Crippen LogP contribution is 2.22. The fraction of sp³-hybridized carbons (Fsp3) is 0.579. The Bertz CT molecular complexity index is 550. The van der Waals surface area contributed by atoms with Crippen LogP contribution in [-0.2, 0) is 9.59 Å². The first-order valence-electron chi connectivity index (χ1n) is 8.88. The molecule has 0 bridgehead atoms. The van der Waals surface area contributed by atoms with Crippen LogP contribution in [0.15, 0.2) is 30.3 Å². The molecule has 1 heterocycles. The number of likely N-dealkylation sites (tertiary alicyclic amines) is 1. The number of hydrogen-bond donors (Lipinski definition) is 0. The zero-order valence-corrected chi connectivity index (χ0v) is 15.3. The molecule has 1 saturated heterocycles. The van der Waals surface area contributed by atoms with Crippen LogP contribution in [0.4, 0.5) is 5.69 Å². The van der Waals surface area contributed by atoms with Gasteiger partial charge in [-0.1, -0.05) is 32.0 Å². The standard InChI is InChI=1S/C19H27ClN2O2/c1-3-15-10-8-9-13-21(15)18(23)14-22(19(24)17(20)4-2)16-11-6-5-7-12-16/h5-7,11-12,15,17H,3-4,8-10,13-14H2,1-2H3. The molecule has 2 rings (SSSR count). The molecule has 132 valence electrons. The second-order valence-corrected chi connectivity index (χ2v) is 6.81. The Hall–Kier alpha value is -1.55. The van der Waals surface area contributed by atoms with Crippen molar-refractivity contribution in [2.24, 2.45) is 0 Å².